The zero-order chi connectivity index (χ0) is 12.8. The standard InChI is InChI=1S/C13H17Cl2NO/c1-3-9(2)16-13(17)7-5-10-4-6-11(14)8-12(10)15/h4,6,8-9H,3,5,7H2,1-2H3,(H,16,17)/t9-/m0/s1. The molecule has 0 unspecified atom stereocenters. The summed E-state index contributed by atoms with van der Waals surface area (Å²) in [6.07, 6.45) is 2.03. The summed E-state index contributed by atoms with van der Waals surface area (Å²) in [5.41, 5.74) is 0.954. The van der Waals surface area contributed by atoms with E-state index in [0.29, 0.717) is 22.9 Å². The first-order valence-electron chi connectivity index (χ1n) is 5.76. The van der Waals surface area contributed by atoms with E-state index in [-0.39, 0.29) is 11.9 Å². The fraction of sp³-hybridized carbons (Fsp3) is 0.462. The van der Waals surface area contributed by atoms with Crippen LogP contribution in [0.1, 0.15) is 32.3 Å². The molecule has 1 atom stereocenters. The first kappa shape index (κ1) is 14.3. The quantitative estimate of drug-likeness (QED) is 0.868. The van der Waals surface area contributed by atoms with Gasteiger partial charge in [-0.1, -0.05) is 36.2 Å². The molecule has 0 radical (unpaired) electrons. The van der Waals surface area contributed by atoms with Crippen LogP contribution in [0.5, 0.6) is 0 Å². The van der Waals surface area contributed by atoms with Gasteiger partial charge in [0.2, 0.25) is 5.91 Å². The number of amides is 1. The molecule has 94 valence electrons. The van der Waals surface area contributed by atoms with E-state index in [9.17, 15) is 4.79 Å². The molecule has 0 spiro atoms. The van der Waals surface area contributed by atoms with Crippen molar-refractivity contribution in [3.8, 4) is 0 Å². The van der Waals surface area contributed by atoms with E-state index in [1.165, 1.54) is 0 Å². The van der Waals surface area contributed by atoms with Crippen molar-refractivity contribution in [2.75, 3.05) is 0 Å². The van der Waals surface area contributed by atoms with E-state index in [1.807, 2.05) is 19.9 Å². The van der Waals surface area contributed by atoms with Crippen LogP contribution in [0.2, 0.25) is 10.0 Å². The number of rotatable bonds is 5. The summed E-state index contributed by atoms with van der Waals surface area (Å²) in [4.78, 5) is 11.6. The van der Waals surface area contributed by atoms with E-state index in [0.717, 1.165) is 12.0 Å². The Bertz CT molecular complexity index is 393. The van der Waals surface area contributed by atoms with Gasteiger partial charge in [0.15, 0.2) is 0 Å². The smallest absolute Gasteiger partial charge is 0.220 e. The zero-order valence-electron chi connectivity index (χ0n) is 10.1. The number of nitrogens with one attached hydrogen (secondary N) is 1. The maximum Gasteiger partial charge on any atom is 0.220 e. The summed E-state index contributed by atoms with van der Waals surface area (Å²) in [6, 6.07) is 5.57. The fourth-order valence-corrected chi connectivity index (χ4v) is 1.92. The van der Waals surface area contributed by atoms with Crippen LogP contribution < -0.4 is 5.32 Å². The number of aryl methyl sites for hydroxylation is 1. The number of benzene rings is 1. The van der Waals surface area contributed by atoms with Crippen LogP contribution in [0, 0.1) is 0 Å². The average molecular weight is 274 g/mol. The van der Waals surface area contributed by atoms with Crippen LogP contribution in [-0.4, -0.2) is 11.9 Å². The molecule has 1 rings (SSSR count). The molecule has 0 saturated heterocycles. The van der Waals surface area contributed by atoms with E-state index in [2.05, 4.69) is 5.32 Å². The van der Waals surface area contributed by atoms with Crippen LogP contribution in [0.3, 0.4) is 0 Å². The molecule has 0 heterocycles. The Morgan fingerprint density at radius 1 is 1.41 bits per heavy atom. The molecule has 1 aromatic carbocycles. The fourth-order valence-electron chi connectivity index (χ4n) is 1.42. The van der Waals surface area contributed by atoms with Crippen molar-refractivity contribution in [3.63, 3.8) is 0 Å². The number of carbonyl (C=O) groups is 1. The lowest BCUT2D eigenvalue weighted by atomic mass is 10.1. The summed E-state index contributed by atoms with van der Waals surface area (Å²) in [6.45, 7) is 4.04. The molecule has 0 saturated carbocycles. The summed E-state index contributed by atoms with van der Waals surface area (Å²) in [5, 5.41) is 4.16. The van der Waals surface area contributed by atoms with Crippen molar-refractivity contribution in [1.29, 1.82) is 0 Å². The van der Waals surface area contributed by atoms with Crippen LogP contribution >= 0.6 is 23.2 Å². The maximum absolute atomic E-state index is 11.6. The van der Waals surface area contributed by atoms with Crippen LogP contribution in [0.15, 0.2) is 18.2 Å². The van der Waals surface area contributed by atoms with E-state index in [1.54, 1.807) is 12.1 Å². The summed E-state index contributed by atoms with van der Waals surface area (Å²) in [7, 11) is 0. The maximum atomic E-state index is 11.6. The van der Waals surface area contributed by atoms with Crippen molar-refractivity contribution in [1.82, 2.24) is 5.32 Å². The highest BCUT2D eigenvalue weighted by atomic mass is 35.5. The molecule has 1 N–H and O–H groups in total. The van der Waals surface area contributed by atoms with Crippen LogP contribution in [0.4, 0.5) is 0 Å². The van der Waals surface area contributed by atoms with Gasteiger partial charge in [0.1, 0.15) is 0 Å². The molecular weight excluding hydrogens is 257 g/mol. The largest absolute Gasteiger partial charge is 0.354 e. The molecule has 0 aliphatic carbocycles. The Hall–Kier alpha value is -0.730. The van der Waals surface area contributed by atoms with Crippen LogP contribution in [0.25, 0.3) is 0 Å². The molecule has 0 bridgehead atoms. The van der Waals surface area contributed by atoms with Gasteiger partial charge in [-0.2, -0.15) is 0 Å². The van der Waals surface area contributed by atoms with Gasteiger partial charge in [-0.05, 0) is 37.5 Å². The minimum Gasteiger partial charge on any atom is -0.354 e. The van der Waals surface area contributed by atoms with Gasteiger partial charge in [0.25, 0.3) is 0 Å². The molecule has 17 heavy (non-hydrogen) atoms. The molecule has 0 fully saturated rings. The van der Waals surface area contributed by atoms with Gasteiger partial charge in [-0.15, -0.1) is 0 Å². The first-order valence-corrected chi connectivity index (χ1v) is 6.51. The highest BCUT2D eigenvalue weighted by Gasteiger charge is 2.07. The molecule has 0 aromatic heterocycles. The topological polar surface area (TPSA) is 29.1 Å². The Morgan fingerprint density at radius 2 is 2.12 bits per heavy atom. The van der Waals surface area contributed by atoms with Crippen molar-refractivity contribution < 1.29 is 4.79 Å². The lowest BCUT2D eigenvalue weighted by molar-refractivity contribution is -0.121. The van der Waals surface area contributed by atoms with Gasteiger partial charge in [0, 0.05) is 22.5 Å². The third kappa shape index (κ3) is 4.97. The van der Waals surface area contributed by atoms with E-state index >= 15 is 0 Å². The number of carbonyl (C=O) groups excluding carboxylic acids is 1. The molecule has 0 aliphatic rings. The number of hydrogen-bond donors (Lipinski definition) is 1. The minimum atomic E-state index is 0.0605. The Balaban J connectivity index is 2.47. The van der Waals surface area contributed by atoms with E-state index < -0.39 is 0 Å². The number of hydrogen-bond acceptors (Lipinski definition) is 1. The third-order valence-corrected chi connectivity index (χ3v) is 3.24. The predicted molar refractivity (Wildman–Crippen MR) is 72.7 cm³/mol. The second kappa shape index (κ2) is 6.87. The van der Waals surface area contributed by atoms with Gasteiger partial charge < -0.3 is 5.32 Å². The summed E-state index contributed by atoms with van der Waals surface area (Å²) >= 11 is 11.8. The van der Waals surface area contributed by atoms with Gasteiger partial charge in [-0.25, -0.2) is 0 Å². The lowest BCUT2D eigenvalue weighted by Crippen LogP contribution is -2.32. The molecule has 1 amide bonds. The Kier molecular flexibility index (Phi) is 5.79. The first-order chi connectivity index (χ1) is 8.02. The minimum absolute atomic E-state index is 0.0605. The second-order valence-electron chi connectivity index (χ2n) is 4.11. The monoisotopic (exact) mass is 273 g/mol. The van der Waals surface area contributed by atoms with E-state index in [4.69, 9.17) is 23.2 Å². The zero-order valence-corrected chi connectivity index (χ0v) is 11.6. The van der Waals surface area contributed by atoms with Crippen LogP contribution in [-0.2, 0) is 11.2 Å². The van der Waals surface area contributed by atoms with Crippen molar-refractivity contribution in [3.05, 3.63) is 33.8 Å². The van der Waals surface area contributed by atoms with Gasteiger partial charge >= 0.3 is 0 Å². The van der Waals surface area contributed by atoms with Crippen molar-refractivity contribution >= 4 is 29.1 Å². The SMILES string of the molecule is CC[C@H](C)NC(=O)CCc1ccc(Cl)cc1Cl. The molecule has 1 aromatic rings. The third-order valence-electron chi connectivity index (χ3n) is 2.66. The highest BCUT2D eigenvalue weighted by molar-refractivity contribution is 6.35. The summed E-state index contributed by atoms with van der Waals surface area (Å²) < 4.78 is 0. The second-order valence-corrected chi connectivity index (χ2v) is 4.96. The lowest BCUT2D eigenvalue weighted by Gasteiger charge is -2.11. The molecule has 0 aliphatic heterocycles. The Labute approximate surface area is 112 Å². The Morgan fingerprint density at radius 3 is 2.71 bits per heavy atom. The molecule has 4 heteroatoms. The normalized spacial score (nSPS) is 12.2. The molecular formula is C13H17Cl2NO. The average Bonchev–Trinajstić information content (AvgIpc) is 2.27. The van der Waals surface area contributed by atoms with Crippen molar-refractivity contribution in [2.24, 2.45) is 0 Å². The molecule has 2 nitrogen and oxygen atoms in total. The van der Waals surface area contributed by atoms with Gasteiger partial charge in [-0.3, -0.25) is 4.79 Å². The van der Waals surface area contributed by atoms with Gasteiger partial charge in [0.05, 0.1) is 0 Å². The number of halogens is 2. The summed E-state index contributed by atoms with van der Waals surface area (Å²) in [5.74, 6) is 0.0605. The highest BCUT2D eigenvalue weighted by Crippen LogP contribution is 2.21. The predicted octanol–water partition coefficient (Wildman–Crippen LogP) is 3.84. The van der Waals surface area contributed by atoms with Crippen molar-refractivity contribution in [2.45, 2.75) is 39.2 Å².